The Morgan fingerprint density at radius 1 is 1.40 bits per heavy atom. The van der Waals surface area contributed by atoms with Crippen molar-refractivity contribution in [2.24, 2.45) is 7.05 Å². The summed E-state index contributed by atoms with van der Waals surface area (Å²) in [6.07, 6.45) is 2.91. The van der Waals surface area contributed by atoms with E-state index >= 15 is 0 Å². The second-order valence-corrected chi connectivity index (χ2v) is 6.71. The summed E-state index contributed by atoms with van der Waals surface area (Å²) < 4.78 is 28.3. The third-order valence-corrected chi connectivity index (χ3v) is 4.70. The molecule has 0 aliphatic rings. The van der Waals surface area contributed by atoms with E-state index in [2.05, 4.69) is 14.8 Å². The molecule has 2 rings (SSSR count). The molecule has 0 unspecified atom stereocenters. The molecule has 2 aromatic rings. The fourth-order valence-electron chi connectivity index (χ4n) is 1.63. The number of nitrogens with zero attached hydrogens (tertiary/aromatic N) is 3. The molecule has 2 aromatic heterocycles. The summed E-state index contributed by atoms with van der Waals surface area (Å²) in [6.45, 7) is 1.95. The van der Waals surface area contributed by atoms with Gasteiger partial charge in [-0.05, 0) is 13.0 Å². The number of sulfonamides is 1. The van der Waals surface area contributed by atoms with Gasteiger partial charge in [0, 0.05) is 31.5 Å². The number of rotatable bonds is 4. The average Bonchev–Trinajstić information content (AvgIpc) is 2.69. The first-order valence-electron chi connectivity index (χ1n) is 5.59. The van der Waals surface area contributed by atoms with E-state index in [9.17, 15) is 8.42 Å². The summed E-state index contributed by atoms with van der Waals surface area (Å²) in [5, 5.41) is 4.29. The monoisotopic (exact) mass is 334 g/mol. The Morgan fingerprint density at radius 3 is 2.65 bits per heavy atom. The Hall–Kier alpha value is -1.15. The molecule has 20 heavy (non-hydrogen) atoms. The van der Waals surface area contributed by atoms with E-state index in [0.717, 1.165) is 17.5 Å². The summed E-state index contributed by atoms with van der Waals surface area (Å²) in [5.41, 5.74) is 1.56. The largest absolute Gasteiger partial charge is 0.275 e. The van der Waals surface area contributed by atoms with Crippen LogP contribution >= 0.6 is 23.2 Å². The topological polar surface area (TPSA) is 76.9 Å². The maximum Gasteiger partial charge on any atom is 0.242 e. The molecule has 0 aliphatic carbocycles. The van der Waals surface area contributed by atoms with Gasteiger partial charge in [0.05, 0.1) is 10.7 Å². The molecular formula is C11H12Cl2N4O2S. The van der Waals surface area contributed by atoms with Gasteiger partial charge in [-0.15, -0.1) is 0 Å². The lowest BCUT2D eigenvalue weighted by Gasteiger charge is -2.06. The van der Waals surface area contributed by atoms with Crippen molar-refractivity contribution in [2.45, 2.75) is 18.4 Å². The van der Waals surface area contributed by atoms with Gasteiger partial charge in [0.1, 0.15) is 10.0 Å². The van der Waals surface area contributed by atoms with Crippen molar-refractivity contribution in [3.8, 4) is 0 Å². The van der Waals surface area contributed by atoms with Crippen LogP contribution in [0.2, 0.25) is 10.2 Å². The van der Waals surface area contributed by atoms with E-state index in [0.29, 0.717) is 0 Å². The molecule has 0 bridgehead atoms. The minimum absolute atomic E-state index is 0.0338. The van der Waals surface area contributed by atoms with Crippen LogP contribution in [0.25, 0.3) is 0 Å². The summed E-state index contributed by atoms with van der Waals surface area (Å²) >= 11 is 11.4. The van der Waals surface area contributed by atoms with Crippen molar-refractivity contribution >= 4 is 33.2 Å². The Morgan fingerprint density at radius 2 is 2.10 bits per heavy atom. The number of hydrogen-bond acceptors (Lipinski definition) is 4. The quantitative estimate of drug-likeness (QED) is 0.866. The first-order chi connectivity index (χ1) is 9.29. The molecule has 0 aromatic carbocycles. The normalized spacial score (nSPS) is 11.8. The van der Waals surface area contributed by atoms with Crippen LogP contribution in [-0.4, -0.2) is 23.2 Å². The molecule has 9 heteroatoms. The van der Waals surface area contributed by atoms with Gasteiger partial charge in [-0.2, -0.15) is 5.10 Å². The summed E-state index contributed by atoms with van der Waals surface area (Å²) in [5.74, 6) is 0. The van der Waals surface area contributed by atoms with E-state index < -0.39 is 10.0 Å². The molecule has 0 atom stereocenters. The third-order valence-electron chi connectivity index (χ3n) is 2.65. The molecule has 0 spiro atoms. The van der Waals surface area contributed by atoms with Gasteiger partial charge in [-0.3, -0.25) is 4.68 Å². The highest BCUT2D eigenvalue weighted by atomic mass is 35.5. The zero-order valence-electron chi connectivity index (χ0n) is 10.8. The van der Waals surface area contributed by atoms with Crippen molar-refractivity contribution in [3.63, 3.8) is 0 Å². The average molecular weight is 335 g/mol. The number of nitrogens with one attached hydrogen (secondary N) is 1. The second-order valence-electron chi connectivity index (χ2n) is 4.18. The van der Waals surface area contributed by atoms with Gasteiger partial charge in [0.15, 0.2) is 0 Å². The molecular weight excluding hydrogens is 323 g/mol. The fraction of sp³-hybridized carbons (Fsp3) is 0.273. The first-order valence-corrected chi connectivity index (χ1v) is 7.83. The van der Waals surface area contributed by atoms with Crippen molar-refractivity contribution in [3.05, 3.63) is 39.9 Å². The second kappa shape index (κ2) is 5.69. The van der Waals surface area contributed by atoms with E-state index in [1.165, 1.54) is 6.07 Å². The van der Waals surface area contributed by atoms with Crippen LogP contribution in [0.1, 0.15) is 11.3 Å². The fourth-order valence-corrected chi connectivity index (χ4v) is 2.94. The number of aromatic nitrogens is 3. The highest BCUT2D eigenvalue weighted by molar-refractivity contribution is 7.89. The number of pyridine rings is 1. The standard InChI is InChI=1S/C11H12Cl2N4O2S/c1-7-8(6-17(2)16-7)4-15-20(18,19)9-3-10(12)11(13)14-5-9/h3,5-6,15H,4H2,1-2H3. The molecule has 1 N–H and O–H groups in total. The molecule has 0 saturated carbocycles. The number of hydrogen-bond donors (Lipinski definition) is 1. The predicted molar refractivity (Wildman–Crippen MR) is 76.2 cm³/mol. The first kappa shape index (κ1) is 15.2. The van der Waals surface area contributed by atoms with E-state index in [4.69, 9.17) is 23.2 Å². The van der Waals surface area contributed by atoms with Crippen LogP contribution in [0.15, 0.2) is 23.4 Å². The van der Waals surface area contributed by atoms with Crippen LogP contribution in [0.3, 0.4) is 0 Å². The maximum atomic E-state index is 12.1. The maximum absolute atomic E-state index is 12.1. The van der Waals surface area contributed by atoms with Gasteiger partial charge in [-0.1, -0.05) is 23.2 Å². The molecule has 0 amide bonds. The smallest absolute Gasteiger partial charge is 0.242 e. The summed E-state index contributed by atoms with van der Waals surface area (Å²) in [4.78, 5) is 3.69. The molecule has 0 aliphatic heterocycles. The minimum Gasteiger partial charge on any atom is -0.275 e. The predicted octanol–water partition coefficient (Wildman–Crippen LogP) is 1.91. The van der Waals surface area contributed by atoms with Gasteiger partial charge in [0.25, 0.3) is 0 Å². The summed E-state index contributed by atoms with van der Waals surface area (Å²) in [7, 11) is -1.93. The molecule has 0 radical (unpaired) electrons. The van der Waals surface area contributed by atoms with Gasteiger partial charge >= 0.3 is 0 Å². The minimum atomic E-state index is -3.70. The van der Waals surface area contributed by atoms with Crippen molar-refractivity contribution in [1.29, 1.82) is 0 Å². The van der Waals surface area contributed by atoms with E-state index in [1.54, 1.807) is 17.9 Å². The van der Waals surface area contributed by atoms with Crippen molar-refractivity contribution in [1.82, 2.24) is 19.5 Å². The highest BCUT2D eigenvalue weighted by Gasteiger charge is 2.17. The van der Waals surface area contributed by atoms with Crippen LogP contribution in [0.5, 0.6) is 0 Å². The van der Waals surface area contributed by atoms with Crippen molar-refractivity contribution < 1.29 is 8.42 Å². The van der Waals surface area contributed by atoms with Crippen LogP contribution < -0.4 is 4.72 Å². The van der Waals surface area contributed by atoms with Crippen LogP contribution in [0, 0.1) is 6.92 Å². The summed E-state index contributed by atoms with van der Waals surface area (Å²) in [6, 6.07) is 1.26. The zero-order valence-corrected chi connectivity index (χ0v) is 13.1. The Balaban J connectivity index is 2.19. The lowest BCUT2D eigenvalue weighted by Crippen LogP contribution is -2.23. The van der Waals surface area contributed by atoms with Crippen LogP contribution in [-0.2, 0) is 23.6 Å². The van der Waals surface area contributed by atoms with Crippen LogP contribution in [0.4, 0.5) is 0 Å². The Labute approximate surface area is 126 Å². The Kier molecular flexibility index (Phi) is 4.33. The SMILES string of the molecule is Cc1nn(C)cc1CNS(=O)(=O)c1cnc(Cl)c(Cl)c1. The lowest BCUT2D eigenvalue weighted by molar-refractivity contribution is 0.580. The Bertz CT molecular complexity index is 743. The van der Waals surface area contributed by atoms with E-state index in [1.807, 2.05) is 6.92 Å². The number of halogens is 2. The van der Waals surface area contributed by atoms with E-state index in [-0.39, 0.29) is 21.6 Å². The molecule has 2 heterocycles. The lowest BCUT2D eigenvalue weighted by atomic mass is 10.3. The number of aryl methyl sites for hydroxylation is 2. The molecule has 6 nitrogen and oxygen atoms in total. The van der Waals surface area contributed by atoms with Gasteiger partial charge in [-0.25, -0.2) is 18.1 Å². The van der Waals surface area contributed by atoms with Crippen molar-refractivity contribution in [2.75, 3.05) is 0 Å². The molecule has 0 fully saturated rings. The van der Waals surface area contributed by atoms with Gasteiger partial charge < -0.3 is 0 Å². The highest BCUT2D eigenvalue weighted by Crippen LogP contribution is 2.22. The zero-order chi connectivity index (χ0) is 14.9. The molecule has 0 saturated heterocycles. The van der Waals surface area contributed by atoms with Gasteiger partial charge in [0.2, 0.25) is 10.0 Å². The molecule has 108 valence electrons. The third kappa shape index (κ3) is 3.29.